The minimum atomic E-state index is -0.268. The van der Waals surface area contributed by atoms with E-state index in [4.69, 9.17) is 0 Å². The van der Waals surface area contributed by atoms with Crippen LogP contribution >= 0.6 is 0 Å². The fourth-order valence-corrected chi connectivity index (χ4v) is 2.16. The van der Waals surface area contributed by atoms with E-state index in [0.717, 1.165) is 16.8 Å². The summed E-state index contributed by atoms with van der Waals surface area (Å²) in [5, 5.41) is 26.9. The lowest BCUT2D eigenvalue weighted by Gasteiger charge is -2.01. The molecule has 0 aliphatic rings. The first-order chi connectivity index (χ1) is 10.6. The molecule has 6 heteroatoms. The van der Waals surface area contributed by atoms with Crippen LogP contribution in [0.5, 0.6) is 11.5 Å². The quantitative estimate of drug-likeness (QED) is 0.726. The molecule has 112 valence electrons. The van der Waals surface area contributed by atoms with Crippen molar-refractivity contribution in [2.75, 3.05) is 0 Å². The van der Waals surface area contributed by atoms with Crippen molar-refractivity contribution in [1.82, 2.24) is 15.0 Å². The second-order valence-electron chi connectivity index (χ2n) is 5.03. The molecule has 0 aliphatic carbocycles. The van der Waals surface area contributed by atoms with E-state index >= 15 is 0 Å². The Hall–Kier alpha value is -2.89. The van der Waals surface area contributed by atoms with E-state index < -0.39 is 0 Å². The maximum atomic E-state index is 12.9. The fourth-order valence-electron chi connectivity index (χ4n) is 2.16. The molecule has 5 nitrogen and oxygen atoms in total. The number of hydrogen-bond acceptors (Lipinski definition) is 4. The van der Waals surface area contributed by atoms with Crippen molar-refractivity contribution in [1.29, 1.82) is 0 Å². The molecule has 1 aromatic heterocycles. The summed E-state index contributed by atoms with van der Waals surface area (Å²) < 4.78 is 14.5. The Kier molecular flexibility index (Phi) is 3.74. The highest BCUT2D eigenvalue weighted by atomic mass is 19.1. The molecule has 0 unspecified atom stereocenters. The van der Waals surface area contributed by atoms with E-state index in [2.05, 4.69) is 10.3 Å². The second-order valence-corrected chi connectivity index (χ2v) is 5.03. The Labute approximate surface area is 126 Å². The number of phenolic OH excluding ortho intramolecular Hbond substituents is 2. The van der Waals surface area contributed by atoms with Crippen molar-refractivity contribution < 1.29 is 14.6 Å². The predicted octanol–water partition coefficient (Wildman–Crippen LogP) is 2.47. The van der Waals surface area contributed by atoms with Crippen LogP contribution in [-0.2, 0) is 13.0 Å². The molecule has 0 atom stereocenters. The van der Waals surface area contributed by atoms with Gasteiger partial charge in [-0.05, 0) is 35.4 Å². The van der Waals surface area contributed by atoms with Crippen LogP contribution in [0.1, 0.15) is 16.8 Å². The van der Waals surface area contributed by atoms with Crippen LogP contribution < -0.4 is 0 Å². The Morgan fingerprint density at radius 3 is 2.41 bits per heavy atom. The third-order valence-electron chi connectivity index (χ3n) is 3.27. The number of hydrogen-bond donors (Lipinski definition) is 2. The highest BCUT2D eigenvalue weighted by Gasteiger charge is 2.06. The number of benzene rings is 2. The van der Waals surface area contributed by atoms with Crippen LogP contribution in [0.4, 0.5) is 4.39 Å². The lowest BCUT2D eigenvalue weighted by Crippen LogP contribution is -2.00. The molecule has 0 amide bonds. The summed E-state index contributed by atoms with van der Waals surface area (Å²) in [6.45, 7) is 0.508. The summed E-state index contributed by atoms with van der Waals surface area (Å²) in [6, 6.07) is 10.9. The van der Waals surface area contributed by atoms with Gasteiger partial charge in [-0.15, -0.1) is 5.10 Å². The molecule has 22 heavy (non-hydrogen) atoms. The zero-order chi connectivity index (χ0) is 15.5. The van der Waals surface area contributed by atoms with Crippen LogP contribution in [0.25, 0.3) is 0 Å². The van der Waals surface area contributed by atoms with Crippen molar-refractivity contribution in [2.24, 2.45) is 0 Å². The van der Waals surface area contributed by atoms with E-state index in [0.29, 0.717) is 13.0 Å². The molecule has 0 fully saturated rings. The molecule has 0 radical (unpaired) electrons. The van der Waals surface area contributed by atoms with Crippen molar-refractivity contribution in [3.63, 3.8) is 0 Å². The van der Waals surface area contributed by atoms with Gasteiger partial charge in [0.15, 0.2) is 11.5 Å². The SMILES string of the molecule is Oc1ccc(Cc2cn(Cc3ccc(F)cc3)nn2)cc1O. The highest BCUT2D eigenvalue weighted by molar-refractivity contribution is 5.41. The summed E-state index contributed by atoms with van der Waals surface area (Å²) in [5.41, 5.74) is 2.50. The molecular weight excluding hydrogens is 285 g/mol. The van der Waals surface area contributed by atoms with Gasteiger partial charge in [-0.3, -0.25) is 0 Å². The standard InChI is InChI=1S/C16H14FN3O2/c17-13-4-1-11(2-5-13)9-20-10-14(18-19-20)7-12-3-6-15(21)16(22)8-12/h1-6,8,10,21-22H,7,9H2. The molecule has 0 saturated heterocycles. The fraction of sp³-hybridized carbons (Fsp3) is 0.125. The smallest absolute Gasteiger partial charge is 0.157 e. The summed E-state index contributed by atoms with van der Waals surface area (Å²) in [6.07, 6.45) is 2.30. The molecule has 0 spiro atoms. The lowest BCUT2D eigenvalue weighted by molar-refractivity contribution is 0.403. The molecule has 0 bridgehead atoms. The topological polar surface area (TPSA) is 71.2 Å². The van der Waals surface area contributed by atoms with E-state index in [1.165, 1.54) is 24.3 Å². The summed E-state index contributed by atoms with van der Waals surface area (Å²) in [4.78, 5) is 0. The van der Waals surface area contributed by atoms with E-state index in [-0.39, 0.29) is 17.3 Å². The third-order valence-corrected chi connectivity index (χ3v) is 3.27. The van der Waals surface area contributed by atoms with Gasteiger partial charge in [0.25, 0.3) is 0 Å². The van der Waals surface area contributed by atoms with E-state index in [1.807, 2.05) is 0 Å². The number of aromatic hydroxyl groups is 2. The molecule has 1 heterocycles. The summed E-state index contributed by atoms with van der Waals surface area (Å²) in [5.74, 6) is -0.574. The number of aromatic nitrogens is 3. The second kappa shape index (κ2) is 5.85. The van der Waals surface area contributed by atoms with Crippen LogP contribution in [-0.4, -0.2) is 25.2 Å². The number of halogens is 1. The minimum Gasteiger partial charge on any atom is -0.504 e. The van der Waals surface area contributed by atoms with Crippen molar-refractivity contribution in [2.45, 2.75) is 13.0 Å². The minimum absolute atomic E-state index is 0.149. The predicted molar refractivity (Wildman–Crippen MR) is 78.1 cm³/mol. The van der Waals surface area contributed by atoms with Gasteiger partial charge in [0.2, 0.25) is 0 Å². The summed E-state index contributed by atoms with van der Waals surface area (Å²) >= 11 is 0. The first-order valence-electron chi connectivity index (χ1n) is 6.74. The van der Waals surface area contributed by atoms with E-state index in [9.17, 15) is 14.6 Å². The summed E-state index contributed by atoms with van der Waals surface area (Å²) in [7, 11) is 0. The molecule has 0 aliphatic heterocycles. The molecule has 3 rings (SSSR count). The van der Waals surface area contributed by atoms with Gasteiger partial charge in [-0.25, -0.2) is 9.07 Å². The van der Waals surface area contributed by atoms with Gasteiger partial charge in [0.05, 0.1) is 12.2 Å². The third kappa shape index (κ3) is 3.22. The number of rotatable bonds is 4. The molecule has 3 aromatic rings. The molecule has 2 aromatic carbocycles. The van der Waals surface area contributed by atoms with Crippen LogP contribution in [0.15, 0.2) is 48.7 Å². The highest BCUT2D eigenvalue weighted by Crippen LogP contribution is 2.25. The monoisotopic (exact) mass is 299 g/mol. The van der Waals surface area contributed by atoms with Gasteiger partial charge >= 0.3 is 0 Å². The van der Waals surface area contributed by atoms with Crippen LogP contribution in [0, 0.1) is 5.82 Å². The maximum absolute atomic E-state index is 12.9. The Bertz CT molecular complexity index is 784. The maximum Gasteiger partial charge on any atom is 0.157 e. The average Bonchev–Trinajstić information content (AvgIpc) is 2.93. The van der Waals surface area contributed by atoms with Gasteiger partial charge in [-0.1, -0.05) is 23.4 Å². The van der Waals surface area contributed by atoms with Crippen molar-refractivity contribution in [3.8, 4) is 11.5 Å². The van der Waals surface area contributed by atoms with Crippen LogP contribution in [0.3, 0.4) is 0 Å². The number of phenols is 2. The lowest BCUT2D eigenvalue weighted by atomic mass is 10.1. The number of nitrogens with zero attached hydrogens (tertiary/aromatic N) is 3. The van der Waals surface area contributed by atoms with Gasteiger partial charge in [0, 0.05) is 12.6 Å². The van der Waals surface area contributed by atoms with Crippen molar-refractivity contribution >= 4 is 0 Å². The molecule has 0 saturated carbocycles. The van der Waals surface area contributed by atoms with E-state index in [1.54, 1.807) is 29.1 Å². The first-order valence-corrected chi connectivity index (χ1v) is 6.74. The van der Waals surface area contributed by atoms with Crippen molar-refractivity contribution in [3.05, 3.63) is 71.3 Å². The van der Waals surface area contributed by atoms with Gasteiger partial charge in [-0.2, -0.15) is 0 Å². The average molecular weight is 299 g/mol. The van der Waals surface area contributed by atoms with Crippen LogP contribution in [0.2, 0.25) is 0 Å². The Morgan fingerprint density at radius 2 is 1.68 bits per heavy atom. The zero-order valence-electron chi connectivity index (χ0n) is 11.6. The molecular formula is C16H14FN3O2. The Balaban J connectivity index is 1.70. The molecule has 2 N–H and O–H groups in total. The normalized spacial score (nSPS) is 10.8. The largest absolute Gasteiger partial charge is 0.504 e. The van der Waals surface area contributed by atoms with Gasteiger partial charge in [0.1, 0.15) is 5.82 Å². The Morgan fingerprint density at radius 1 is 0.955 bits per heavy atom. The van der Waals surface area contributed by atoms with Gasteiger partial charge < -0.3 is 10.2 Å². The first kappa shape index (κ1) is 14.1. The zero-order valence-corrected chi connectivity index (χ0v) is 11.6.